The topological polar surface area (TPSA) is 98.1 Å². The molecule has 0 aliphatic rings. The van der Waals surface area contributed by atoms with Crippen LogP contribution in [0.2, 0.25) is 0 Å². The second kappa shape index (κ2) is 12.2. The molecule has 35 heavy (non-hydrogen) atoms. The van der Waals surface area contributed by atoms with E-state index < -0.39 is 0 Å². The average Bonchev–Trinajstić information content (AvgIpc) is 3.23. The number of carbonyl (C=O) groups excluding carboxylic acids is 2. The zero-order valence-corrected chi connectivity index (χ0v) is 21.3. The van der Waals surface area contributed by atoms with Gasteiger partial charge in [0.2, 0.25) is 11.8 Å². The highest BCUT2D eigenvalue weighted by molar-refractivity contribution is 7.99. The summed E-state index contributed by atoms with van der Waals surface area (Å²) < 4.78 is 7.02. The first-order valence-electron chi connectivity index (χ1n) is 11.3. The van der Waals surface area contributed by atoms with Crippen LogP contribution in [0.3, 0.4) is 0 Å². The van der Waals surface area contributed by atoms with Crippen LogP contribution in [0, 0.1) is 13.8 Å². The van der Waals surface area contributed by atoms with Crippen molar-refractivity contribution in [3.8, 4) is 5.75 Å². The van der Waals surface area contributed by atoms with E-state index in [2.05, 4.69) is 27.4 Å². The van der Waals surface area contributed by atoms with Gasteiger partial charge in [-0.05, 0) is 49.6 Å². The third-order valence-electron chi connectivity index (χ3n) is 5.42. The zero-order chi connectivity index (χ0) is 25.4. The van der Waals surface area contributed by atoms with Crippen LogP contribution in [-0.4, -0.2) is 39.4 Å². The number of aryl methyl sites for hydroxylation is 2. The summed E-state index contributed by atoms with van der Waals surface area (Å²) in [5, 5.41) is 15.1. The average molecular weight is 494 g/mol. The van der Waals surface area contributed by atoms with Gasteiger partial charge in [0.15, 0.2) is 11.0 Å². The minimum Gasteiger partial charge on any atom is -0.497 e. The van der Waals surface area contributed by atoms with Crippen molar-refractivity contribution in [3.63, 3.8) is 0 Å². The van der Waals surface area contributed by atoms with Crippen molar-refractivity contribution in [2.45, 2.75) is 44.9 Å². The van der Waals surface area contributed by atoms with Crippen molar-refractivity contribution in [2.75, 3.05) is 18.2 Å². The van der Waals surface area contributed by atoms with Gasteiger partial charge in [-0.3, -0.25) is 9.59 Å². The Labute approximate surface area is 210 Å². The summed E-state index contributed by atoms with van der Waals surface area (Å²) in [6.45, 7) is 10.1. The van der Waals surface area contributed by atoms with Gasteiger partial charge in [0.1, 0.15) is 5.75 Å². The van der Waals surface area contributed by atoms with E-state index in [1.807, 2.05) is 67.8 Å². The summed E-state index contributed by atoms with van der Waals surface area (Å²) in [5.41, 5.74) is 3.74. The Morgan fingerprint density at radius 2 is 1.80 bits per heavy atom. The van der Waals surface area contributed by atoms with E-state index in [-0.39, 0.29) is 30.0 Å². The van der Waals surface area contributed by atoms with Gasteiger partial charge < -0.3 is 19.9 Å². The second-order valence-electron chi connectivity index (χ2n) is 8.16. The Morgan fingerprint density at radius 3 is 2.43 bits per heavy atom. The Hall–Kier alpha value is -3.59. The molecule has 0 unspecified atom stereocenters. The number of allylic oxidation sites excluding steroid dienone is 1. The molecule has 1 aromatic heterocycles. The maximum atomic E-state index is 12.6. The molecule has 1 atom stereocenters. The van der Waals surface area contributed by atoms with E-state index in [9.17, 15) is 9.59 Å². The Bertz CT molecular complexity index is 1170. The van der Waals surface area contributed by atoms with Gasteiger partial charge in [-0.1, -0.05) is 48.2 Å². The first kappa shape index (κ1) is 26.0. The van der Waals surface area contributed by atoms with Crippen molar-refractivity contribution >= 4 is 29.3 Å². The minimum absolute atomic E-state index is 0.122. The molecule has 2 aromatic carbocycles. The van der Waals surface area contributed by atoms with E-state index in [0.29, 0.717) is 17.5 Å². The number of benzene rings is 2. The Kier molecular flexibility index (Phi) is 9.08. The number of thioether (sulfide) groups is 1. The number of methoxy groups -OCH3 is 1. The second-order valence-corrected chi connectivity index (χ2v) is 9.10. The number of nitrogens with zero attached hydrogens (tertiary/aromatic N) is 3. The van der Waals surface area contributed by atoms with Crippen molar-refractivity contribution in [1.29, 1.82) is 0 Å². The number of amides is 2. The van der Waals surface area contributed by atoms with Crippen molar-refractivity contribution < 1.29 is 14.3 Å². The van der Waals surface area contributed by atoms with Gasteiger partial charge in [-0.2, -0.15) is 0 Å². The van der Waals surface area contributed by atoms with Gasteiger partial charge in [-0.15, -0.1) is 16.8 Å². The van der Waals surface area contributed by atoms with Crippen LogP contribution >= 0.6 is 11.8 Å². The quantitative estimate of drug-likeness (QED) is 0.306. The van der Waals surface area contributed by atoms with Gasteiger partial charge in [0.05, 0.1) is 25.3 Å². The highest BCUT2D eigenvalue weighted by Gasteiger charge is 2.20. The van der Waals surface area contributed by atoms with E-state index >= 15 is 0 Å². The fraction of sp³-hybridized carbons (Fsp3) is 0.308. The maximum absolute atomic E-state index is 12.6. The lowest BCUT2D eigenvalue weighted by Crippen LogP contribution is -2.30. The van der Waals surface area contributed by atoms with Crippen LogP contribution in [0.4, 0.5) is 5.69 Å². The van der Waals surface area contributed by atoms with Crippen LogP contribution < -0.4 is 15.4 Å². The molecule has 9 heteroatoms. The van der Waals surface area contributed by atoms with Crippen LogP contribution in [0.15, 0.2) is 60.3 Å². The number of carbonyl (C=O) groups is 2. The third-order valence-corrected chi connectivity index (χ3v) is 6.39. The molecule has 0 radical (unpaired) electrons. The first-order chi connectivity index (χ1) is 16.8. The fourth-order valence-electron chi connectivity index (χ4n) is 3.63. The van der Waals surface area contributed by atoms with E-state index in [4.69, 9.17) is 4.74 Å². The monoisotopic (exact) mass is 493 g/mol. The summed E-state index contributed by atoms with van der Waals surface area (Å²) in [6, 6.07) is 12.9. The molecule has 0 saturated carbocycles. The number of anilines is 1. The maximum Gasteiger partial charge on any atom is 0.234 e. The summed E-state index contributed by atoms with van der Waals surface area (Å²) in [5.74, 6) is 1.28. The molecule has 8 nitrogen and oxygen atoms in total. The molecule has 3 aromatic rings. The third kappa shape index (κ3) is 6.95. The van der Waals surface area contributed by atoms with Gasteiger partial charge in [0.25, 0.3) is 0 Å². The van der Waals surface area contributed by atoms with Gasteiger partial charge in [-0.25, -0.2) is 0 Å². The summed E-state index contributed by atoms with van der Waals surface area (Å²) >= 11 is 1.29. The number of ether oxygens (including phenoxy) is 1. The molecule has 0 aliphatic carbocycles. The van der Waals surface area contributed by atoms with Crippen LogP contribution in [-0.2, 0) is 22.6 Å². The molecule has 3 rings (SSSR count). The summed E-state index contributed by atoms with van der Waals surface area (Å²) in [6.07, 6.45) is 1.98. The Morgan fingerprint density at radius 1 is 1.11 bits per heavy atom. The van der Waals surface area contributed by atoms with Crippen molar-refractivity contribution in [2.24, 2.45) is 0 Å². The molecule has 2 N–H and O–H groups in total. The largest absolute Gasteiger partial charge is 0.497 e. The van der Waals surface area contributed by atoms with E-state index in [0.717, 1.165) is 28.1 Å². The molecule has 0 fully saturated rings. The van der Waals surface area contributed by atoms with Crippen LogP contribution in [0.5, 0.6) is 5.75 Å². The van der Waals surface area contributed by atoms with E-state index in [1.165, 1.54) is 11.8 Å². The molecular weight excluding hydrogens is 462 g/mol. The molecule has 0 saturated heterocycles. The molecule has 0 spiro atoms. The van der Waals surface area contributed by atoms with Gasteiger partial charge in [0, 0.05) is 12.2 Å². The number of aromatic nitrogens is 3. The number of rotatable bonds is 11. The lowest BCUT2D eigenvalue weighted by Gasteiger charge is -2.15. The lowest BCUT2D eigenvalue weighted by atomic mass is 10.1. The molecule has 184 valence electrons. The molecular formula is C26H31N5O3S. The highest BCUT2D eigenvalue weighted by Crippen LogP contribution is 2.23. The van der Waals surface area contributed by atoms with E-state index in [1.54, 1.807) is 13.2 Å². The van der Waals surface area contributed by atoms with Crippen LogP contribution in [0.25, 0.3) is 0 Å². The molecule has 1 heterocycles. The highest BCUT2D eigenvalue weighted by atomic mass is 32.2. The summed E-state index contributed by atoms with van der Waals surface area (Å²) in [7, 11) is 1.60. The van der Waals surface area contributed by atoms with Gasteiger partial charge >= 0.3 is 0 Å². The number of nitrogens with one attached hydrogen (secondary N) is 2. The number of hydrogen-bond acceptors (Lipinski definition) is 6. The minimum atomic E-state index is -0.369. The first-order valence-corrected chi connectivity index (χ1v) is 12.3. The molecule has 2 amide bonds. The van der Waals surface area contributed by atoms with Crippen molar-refractivity contribution in [1.82, 2.24) is 20.1 Å². The van der Waals surface area contributed by atoms with Crippen LogP contribution in [0.1, 0.15) is 35.5 Å². The number of para-hydroxylation sites is 1. The zero-order valence-electron chi connectivity index (χ0n) is 20.5. The predicted octanol–water partition coefficient (Wildman–Crippen LogP) is 4.24. The number of hydrogen-bond donors (Lipinski definition) is 2. The molecule has 0 aliphatic heterocycles. The fourth-order valence-corrected chi connectivity index (χ4v) is 4.39. The molecule has 0 bridgehead atoms. The lowest BCUT2D eigenvalue weighted by molar-refractivity contribution is -0.121. The van der Waals surface area contributed by atoms with Crippen molar-refractivity contribution in [3.05, 3.63) is 77.6 Å². The normalized spacial score (nSPS) is 11.5. The summed E-state index contributed by atoms with van der Waals surface area (Å²) in [4.78, 5) is 25.2. The smallest absolute Gasteiger partial charge is 0.234 e. The predicted molar refractivity (Wildman–Crippen MR) is 139 cm³/mol. The SMILES string of the molecule is C=CCn1c(SCC(=O)Nc2c(C)cccc2C)nnc1[C@@H](C)NC(=O)Cc1ccc(OC)cc1. The Balaban J connectivity index is 1.62. The standard InChI is InChI=1S/C26H31N5O3S/c1-6-14-31-25(19(4)27-22(32)15-20-10-12-21(34-5)13-11-20)29-30-26(31)35-16-23(33)28-24-17(2)8-7-9-18(24)3/h6-13,19H,1,14-16H2,2-5H3,(H,27,32)(H,28,33)/t19-/m1/s1.